The van der Waals surface area contributed by atoms with E-state index in [2.05, 4.69) is 10.3 Å². The predicted octanol–water partition coefficient (Wildman–Crippen LogP) is 2.71. The molecule has 0 fully saturated rings. The monoisotopic (exact) mass is 429 g/mol. The van der Waals surface area contributed by atoms with E-state index in [1.165, 1.54) is 17.7 Å². The van der Waals surface area contributed by atoms with Crippen LogP contribution in [0.2, 0.25) is 5.02 Å². The summed E-state index contributed by atoms with van der Waals surface area (Å²) in [6.07, 6.45) is 0.186. The van der Waals surface area contributed by atoms with E-state index in [-0.39, 0.29) is 18.4 Å². The second-order valence-corrected chi connectivity index (χ2v) is 6.90. The van der Waals surface area contributed by atoms with Crippen molar-refractivity contribution in [1.29, 1.82) is 0 Å². The lowest BCUT2D eigenvalue weighted by Gasteiger charge is -2.11. The van der Waals surface area contributed by atoms with Gasteiger partial charge in [0.15, 0.2) is 6.61 Å². The average Bonchev–Trinajstić information content (AvgIpc) is 2.74. The summed E-state index contributed by atoms with van der Waals surface area (Å²) < 4.78 is 11.6. The number of aryl methyl sites for hydroxylation is 1. The van der Waals surface area contributed by atoms with Crippen LogP contribution in [0.1, 0.15) is 12.2 Å². The van der Waals surface area contributed by atoms with E-state index in [1.54, 1.807) is 43.4 Å². The lowest BCUT2D eigenvalue weighted by molar-refractivity contribution is -0.147. The second kappa shape index (κ2) is 9.41. The Bertz CT molecular complexity index is 1160. The Labute approximate surface area is 177 Å². The Morgan fingerprint density at radius 3 is 2.73 bits per heavy atom. The summed E-state index contributed by atoms with van der Waals surface area (Å²) in [6, 6.07) is 11.8. The third kappa shape index (κ3) is 4.96. The van der Waals surface area contributed by atoms with Gasteiger partial charge in [0.2, 0.25) is 0 Å². The first kappa shape index (κ1) is 21.3. The summed E-state index contributed by atoms with van der Waals surface area (Å²) in [5.41, 5.74) is 0.763. The number of benzene rings is 2. The lowest BCUT2D eigenvalue weighted by Crippen LogP contribution is -2.24. The van der Waals surface area contributed by atoms with Crippen LogP contribution in [0, 0.1) is 0 Å². The highest BCUT2D eigenvalue weighted by Crippen LogP contribution is 2.27. The summed E-state index contributed by atoms with van der Waals surface area (Å²) in [5, 5.41) is 3.53. The number of hydrogen-bond donors (Lipinski definition) is 1. The summed E-state index contributed by atoms with van der Waals surface area (Å²) in [6.45, 7) is -0.460. The van der Waals surface area contributed by atoms with Crippen LogP contribution in [0.15, 0.2) is 47.3 Å². The number of methoxy groups -OCH3 is 1. The average molecular weight is 430 g/mol. The minimum absolute atomic E-state index is 0.0214. The van der Waals surface area contributed by atoms with Gasteiger partial charge < -0.3 is 14.8 Å². The van der Waals surface area contributed by atoms with Gasteiger partial charge >= 0.3 is 5.97 Å². The lowest BCUT2D eigenvalue weighted by atomic mass is 10.2. The van der Waals surface area contributed by atoms with Gasteiger partial charge in [-0.05, 0) is 30.3 Å². The highest BCUT2D eigenvalue weighted by atomic mass is 35.5. The fraction of sp³-hybridized carbons (Fsp3) is 0.238. The van der Waals surface area contributed by atoms with Gasteiger partial charge in [0.05, 0.1) is 30.1 Å². The smallest absolute Gasteiger partial charge is 0.306 e. The molecule has 0 unspecified atom stereocenters. The molecule has 156 valence electrons. The van der Waals surface area contributed by atoms with Gasteiger partial charge in [0.25, 0.3) is 11.5 Å². The zero-order valence-corrected chi connectivity index (χ0v) is 17.2. The molecule has 0 saturated heterocycles. The quantitative estimate of drug-likeness (QED) is 0.580. The van der Waals surface area contributed by atoms with Crippen molar-refractivity contribution in [2.45, 2.75) is 12.8 Å². The van der Waals surface area contributed by atoms with E-state index in [4.69, 9.17) is 21.1 Å². The second-order valence-electron chi connectivity index (χ2n) is 6.46. The normalized spacial score (nSPS) is 10.6. The number of esters is 1. The number of aromatic nitrogens is 2. The number of hydrogen-bond acceptors (Lipinski definition) is 6. The molecule has 0 bridgehead atoms. The van der Waals surface area contributed by atoms with E-state index in [9.17, 15) is 14.4 Å². The maximum Gasteiger partial charge on any atom is 0.306 e. The molecule has 1 amide bonds. The highest BCUT2D eigenvalue weighted by Gasteiger charge is 2.13. The topological polar surface area (TPSA) is 99.5 Å². The molecule has 0 aliphatic carbocycles. The van der Waals surface area contributed by atoms with Gasteiger partial charge in [0, 0.05) is 18.5 Å². The third-order valence-electron chi connectivity index (χ3n) is 4.43. The number of rotatable bonds is 7. The van der Waals surface area contributed by atoms with E-state index in [0.717, 1.165) is 0 Å². The molecular formula is C21H20ClN3O5. The van der Waals surface area contributed by atoms with E-state index >= 15 is 0 Å². The van der Waals surface area contributed by atoms with Crippen LogP contribution in [0.4, 0.5) is 5.69 Å². The first-order chi connectivity index (χ1) is 14.4. The number of para-hydroxylation sites is 1. The van der Waals surface area contributed by atoms with Gasteiger partial charge in [-0.25, -0.2) is 4.98 Å². The maximum absolute atomic E-state index is 12.4. The first-order valence-corrected chi connectivity index (χ1v) is 9.50. The van der Waals surface area contributed by atoms with Gasteiger partial charge in [0.1, 0.15) is 11.6 Å². The van der Waals surface area contributed by atoms with Gasteiger partial charge in [-0.1, -0.05) is 23.7 Å². The molecule has 1 heterocycles. The Kier molecular flexibility index (Phi) is 6.68. The van der Waals surface area contributed by atoms with E-state index in [0.29, 0.717) is 33.2 Å². The first-order valence-electron chi connectivity index (χ1n) is 9.12. The van der Waals surface area contributed by atoms with Crippen molar-refractivity contribution in [1.82, 2.24) is 9.55 Å². The molecule has 9 heteroatoms. The van der Waals surface area contributed by atoms with E-state index in [1.807, 2.05) is 0 Å². The van der Waals surface area contributed by atoms with Crippen molar-refractivity contribution >= 4 is 40.1 Å². The molecule has 0 aliphatic rings. The number of carbonyl (C=O) groups is 2. The van der Waals surface area contributed by atoms with Crippen LogP contribution < -0.4 is 15.6 Å². The van der Waals surface area contributed by atoms with Crippen molar-refractivity contribution in [2.75, 3.05) is 19.0 Å². The highest BCUT2D eigenvalue weighted by molar-refractivity contribution is 6.31. The molecule has 2 aromatic carbocycles. The van der Waals surface area contributed by atoms with Crippen LogP contribution in [0.3, 0.4) is 0 Å². The van der Waals surface area contributed by atoms with Crippen molar-refractivity contribution < 1.29 is 19.1 Å². The zero-order chi connectivity index (χ0) is 21.7. The van der Waals surface area contributed by atoms with Crippen LogP contribution in [-0.4, -0.2) is 35.1 Å². The van der Waals surface area contributed by atoms with Crippen LogP contribution in [-0.2, 0) is 27.8 Å². The van der Waals surface area contributed by atoms with Gasteiger partial charge in [-0.3, -0.25) is 19.0 Å². The molecule has 0 radical (unpaired) electrons. The Morgan fingerprint density at radius 1 is 1.20 bits per heavy atom. The summed E-state index contributed by atoms with van der Waals surface area (Å²) in [5.74, 6) is -0.211. The van der Waals surface area contributed by atoms with Crippen molar-refractivity contribution in [3.8, 4) is 5.75 Å². The number of fused-ring (bicyclic) bond motifs is 1. The number of nitrogens with zero attached hydrogens (tertiary/aromatic N) is 2. The van der Waals surface area contributed by atoms with Crippen LogP contribution in [0.25, 0.3) is 10.9 Å². The minimum Gasteiger partial charge on any atom is -0.495 e. The Hall–Kier alpha value is -3.39. The predicted molar refractivity (Wildman–Crippen MR) is 113 cm³/mol. The summed E-state index contributed by atoms with van der Waals surface area (Å²) in [4.78, 5) is 40.9. The molecule has 1 aromatic heterocycles. The summed E-state index contributed by atoms with van der Waals surface area (Å²) in [7, 11) is 3.07. The van der Waals surface area contributed by atoms with Gasteiger partial charge in [-0.15, -0.1) is 0 Å². The number of ether oxygens (including phenoxy) is 2. The molecule has 30 heavy (non-hydrogen) atoms. The molecule has 3 aromatic rings. The fourth-order valence-electron chi connectivity index (χ4n) is 2.88. The molecule has 8 nitrogen and oxygen atoms in total. The van der Waals surface area contributed by atoms with Crippen molar-refractivity contribution in [3.63, 3.8) is 0 Å². The standard InChI is InChI=1S/C21H20ClN3O5/c1-25-18(23-15-6-4-3-5-14(15)21(25)28)9-10-20(27)30-12-19(26)24-16-11-13(22)7-8-17(16)29-2/h3-8,11H,9-10,12H2,1-2H3,(H,24,26). The third-order valence-corrected chi connectivity index (χ3v) is 4.66. The van der Waals surface area contributed by atoms with Crippen molar-refractivity contribution in [3.05, 3.63) is 63.7 Å². The van der Waals surface area contributed by atoms with Crippen molar-refractivity contribution in [2.24, 2.45) is 7.05 Å². The number of halogens is 1. The van der Waals surface area contributed by atoms with Gasteiger partial charge in [-0.2, -0.15) is 0 Å². The molecular weight excluding hydrogens is 410 g/mol. The molecule has 0 atom stereocenters. The van der Waals surface area contributed by atoms with E-state index < -0.39 is 18.5 Å². The summed E-state index contributed by atoms with van der Waals surface area (Å²) >= 11 is 5.92. The Morgan fingerprint density at radius 2 is 1.97 bits per heavy atom. The Balaban J connectivity index is 1.56. The maximum atomic E-state index is 12.4. The van der Waals surface area contributed by atoms with Crippen LogP contribution in [0.5, 0.6) is 5.75 Å². The number of anilines is 1. The largest absolute Gasteiger partial charge is 0.495 e. The minimum atomic E-state index is -0.578. The fourth-order valence-corrected chi connectivity index (χ4v) is 3.06. The molecule has 1 N–H and O–H groups in total. The molecule has 0 saturated carbocycles. The zero-order valence-electron chi connectivity index (χ0n) is 16.5. The molecule has 0 aliphatic heterocycles. The molecule has 3 rings (SSSR count). The molecule has 0 spiro atoms. The number of carbonyl (C=O) groups excluding carboxylic acids is 2. The number of nitrogens with one attached hydrogen (secondary N) is 1. The number of amides is 1. The van der Waals surface area contributed by atoms with Crippen LogP contribution >= 0.6 is 11.6 Å². The SMILES string of the molecule is COc1ccc(Cl)cc1NC(=O)COC(=O)CCc1nc2ccccc2c(=O)n1C.